The molecular weight excluding hydrogens is 340 g/mol. The lowest BCUT2D eigenvalue weighted by Crippen LogP contribution is -2.16. The maximum atomic E-state index is 6.00. The highest BCUT2D eigenvalue weighted by atomic mass is 35.5. The second-order valence-electron chi connectivity index (χ2n) is 5.38. The van der Waals surface area contributed by atoms with Crippen molar-refractivity contribution in [3.63, 3.8) is 0 Å². The molecule has 1 aromatic heterocycles. The van der Waals surface area contributed by atoms with E-state index in [9.17, 15) is 0 Å². The first kappa shape index (κ1) is 17.0. The molecule has 0 atom stereocenters. The van der Waals surface area contributed by atoms with Gasteiger partial charge in [0.15, 0.2) is 0 Å². The molecule has 0 bridgehead atoms. The Morgan fingerprint density at radius 3 is 2.88 bits per heavy atom. The summed E-state index contributed by atoms with van der Waals surface area (Å²) in [6, 6.07) is 16.0. The lowest BCUT2D eigenvalue weighted by atomic mass is 10.1. The standard InChI is InChI=1S/C19H19ClN2OS/c1-23-17-8-3-2-7-16(17)18-12-22-19(24-18)13-21-10-9-14-5-4-6-15(20)11-14/h2-8,11-12,21H,9-10,13H2,1H3. The SMILES string of the molecule is COc1ccccc1-c1cnc(CNCCc2cccc(Cl)c2)s1. The maximum Gasteiger partial charge on any atom is 0.127 e. The highest BCUT2D eigenvalue weighted by Gasteiger charge is 2.09. The van der Waals surface area contributed by atoms with Crippen molar-refractivity contribution in [1.29, 1.82) is 0 Å². The molecule has 1 heterocycles. The molecule has 0 aliphatic carbocycles. The van der Waals surface area contributed by atoms with E-state index in [0.717, 1.165) is 45.7 Å². The fraction of sp³-hybridized carbons (Fsp3) is 0.211. The Morgan fingerprint density at radius 1 is 1.17 bits per heavy atom. The number of halogens is 1. The van der Waals surface area contributed by atoms with Gasteiger partial charge in [0.05, 0.1) is 12.0 Å². The normalized spacial score (nSPS) is 10.8. The Balaban J connectivity index is 1.55. The van der Waals surface area contributed by atoms with E-state index >= 15 is 0 Å². The molecule has 3 aromatic rings. The fourth-order valence-corrected chi connectivity index (χ4v) is 3.62. The van der Waals surface area contributed by atoms with Crippen LogP contribution in [0.1, 0.15) is 10.6 Å². The van der Waals surface area contributed by atoms with E-state index in [-0.39, 0.29) is 0 Å². The molecule has 24 heavy (non-hydrogen) atoms. The topological polar surface area (TPSA) is 34.1 Å². The van der Waals surface area contributed by atoms with Crippen molar-refractivity contribution >= 4 is 22.9 Å². The van der Waals surface area contributed by atoms with Crippen LogP contribution in [0, 0.1) is 0 Å². The number of methoxy groups -OCH3 is 1. The summed E-state index contributed by atoms with van der Waals surface area (Å²) in [4.78, 5) is 5.63. The third-order valence-corrected chi connectivity index (χ3v) is 4.95. The molecule has 5 heteroatoms. The van der Waals surface area contributed by atoms with Gasteiger partial charge >= 0.3 is 0 Å². The minimum absolute atomic E-state index is 0.764. The minimum atomic E-state index is 0.764. The second kappa shape index (κ2) is 8.29. The molecule has 0 saturated heterocycles. The van der Waals surface area contributed by atoms with Gasteiger partial charge < -0.3 is 10.1 Å². The average molecular weight is 359 g/mol. The van der Waals surface area contributed by atoms with Crippen LogP contribution >= 0.6 is 22.9 Å². The molecule has 0 saturated carbocycles. The van der Waals surface area contributed by atoms with E-state index in [2.05, 4.69) is 22.4 Å². The van der Waals surface area contributed by atoms with Crippen molar-refractivity contribution in [3.05, 3.63) is 70.3 Å². The van der Waals surface area contributed by atoms with Gasteiger partial charge in [-0.25, -0.2) is 4.98 Å². The van der Waals surface area contributed by atoms with Gasteiger partial charge in [0.2, 0.25) is 0 Å². The number of nitrogens with one attached hydrogen (secondary N) is 1. The number of para-hydroxylation sites is 1. The Bertz CT molecular complexity index is 803. The molecule has 3 rings (SSSR count). The summed E-state index contributed by atoms with van der Waals surface area (Å²) in [5.41, 5.74) is 2.33. The maximum absolute atomic E-state index is 6.00. The summed E-state index contributed by atoms with van der Waals surface area (Å²) >= 11 is 7.69. The third kappa shape index (κ3) is 4.35. The summed E-state index contributed by atoms with van der Waals surface area (Å²) in [5.74, 6) is 0.876. The van der Waals surface area contributed by atoms with Crippen molar-refractivity contribution in [2.45, 2.75) is 13.0 Å². The Kier molecular flexibility index (Phi) is 5.86. The quantitative estimate of drug-likeness (QED) is 0.616. The number of benzene rings is 2. The van der Waals surface area contributed by atoms with E-state index in [1.807, 2.05) is 42.6 Å². The van der Waals surface area contributed by atoms with Gasteiger partial charge in [-0.3, -0.25) is 0 Å². The number of ether oxygens (including phenoxy) is 1. The van der Waals surface area contributed by atoms with Crippen LogP contribution in [0.2, 0.25) is 5.02 Å². The van der Waals surface area contributed by atoms with Crippen LogP contribution in [0.15, 0.2) is 54.7 Å². The Hall–Kier alpha value is -1.88. The van der Waals surface area contributed by atoms with Crippen LogP contribution in [0.4, 0.5) is 0 Å². The van der Waals surface area contributed by atoms with Gasteiger partial charge in [0.25, 0.3) is 0 Å². The predicted molar refractivity (Wildman–Crippen MR) is 101 cm³/mol. The van der Waals surface area contributed by atoms with Crippen LogP contribution in [0.5, 0.6) is 5.75 Å². The number of nitrogens with zero attached hydrogens (tertiary/aromatic N) is 1. The molecular formula is C19H19ClN2OS. The van der Waals surface area contributed by atoms with E-state index in [0.29, 0.717) is 0 Å². The lowest BCUT2D eigenvalue weighted by Gasteiger charge is -2.05. The number of hydrogen-bond acceptors (Lipinski definition) is 4. The molecule has 0 aliphatic heterocycles. The van der Waals surface area contributed by atoms with Crippen molar-refractivity contribution in [3.8, 4) is 16.2 Å². The largest absolute Gasteiger partial charge is 0.496 e. The molecule has 0 aliphatic rings. The predicted octanol–water partition coefficient (Wildman–Crippen LogP) is 4.80. The number of aromatic nitrogens is 1. The zero-order valence-corrected chi connectivity index (χ0v) is 15.0. The smallest absolute Gasteiger partial charge is 0.127 e. The van der Waals surface area contributed by atoms with E-state index in [1.165, 1.54) is 5.56 Å². The van der Waals surface area contributed by atoms with Gasteiger partial charge in [-0.1, -0.05) is 35.9 Å². The summed E-state index contributed by atoms with van der Waals surface area (Å²) < 4.78 is 5.42. The zero-order valence-electron chi connectivity index (χ0n) is 13.5. The molecule has 124 valence electrons. The van der Waals surface area contributed by atoms with E-state index < -0.39 is 0 Å². The average Bonchev–Trinajstić information content (AvgIpc) is 3.07. The van der Waals surface area contributed by atoms with Gasteiger partial charge in [-0.05, 0) is 42.8 Å². The Morgan fingerprint density at radius 2 is 2.04 bits per heavy atom. The molecule has 0 radical (unpaired) electrons. The van der Waals surface area contributed by atoms with E-state index in [1.54, 1.807) is 18.4 Å². The summed E-state index contributed by atoms with van der Waals surface area (Å²) in [6.45, 7) is 1.66. The van der Waals surface area contributed by atoms with Crippen molar-refractivity contribution in [1.82, 2.24) is 10.3 Å². The zero-order chi connectivity index (χ0) is 16.8. The third-order valence-electron chi connectivity index (χ3n) is 3.68. The van der Waals surface area contributed by atoms with E-state index in [4.69, 9.17) is 16.3 Å². The summed E-state index contributed by atoms with van der Waals surface area (Å²) in [7, 11) is 1.69. The number of thiazole rings is 1. The lowest BCUT2D eigenvalue weighted by molar-refractivity contribution is 0.416. The van der Waals surface area contributed by atoms with Crippen molar-refractivity contribution < 1.29 is 4.74 Å². The van der Waals surface area contributed by atoms with Crippen LogP contribution < -0.4 is 10.1 Å². The molecule has 3 nitrogen and oxygen atoms in total. The van der Waals surface area contributed by atoms with Gasteiger partial charge in [0, 0.05) is 23.3 Å². The molecule has 1 N–H and O–H groups in total. The van der Waals surface area contributed by atoms with Gasteiger partial charge in [-0.2, -0.15) is 0 Å². The first-order valence-electron chi connectivity index (χ1n) is 7.79. The summed E-state index contributed by atoms with van der Waals surface area (Å²) in [6.07, 6.45) is 2.86. The molecule has 0 spiro atoms. The first-order chi connectivity index (χ1) is 11.8. The first-order valence-corrected chi connectivity index (χ1v) is 8.99. The minimum Gasteiger partial charge on any atom is -0.496 e. The van der Waals surface area contributed by atoms with Crippen molar-refractivity contribution in [2.24, 2.45) is 0 Å². The number of rotatable bonds is 7. The monoisotopic (exact) mass is 358 g/mol. The van der Waals surface area contributed by atoms with Crippen molar-refractivity contribution in [2.75, 3.05) is 13.7 Å². The summed E-state index contributed by atoms with van der Waals surface area (Å²) in [5, 5.41) is 5.29. The molecule has 2 aromatic carbocycles. The van der Waals surface area contributed by atoms with Crippen LogP contribution in [0.3, 0.4) is 0 Å². The molecule has 0 unspecified atom stereocenters. The molecule has 0 fully saturated rings. The highest BCUT2D eigenvalue weighted by Crippen LogP contribution is 2.33. The van der Waals surface area contributed by atoms with Gasteiger partial charge in [-0.15, -0.1) is 11.3 Å². The fourth-order valence-electron chi connectivity index (χ4n) is 2.49. The highest BCUT2D eigenvalue weighted by molar-refractivity contribution is 7.15. The molecule has 0 amide bonds. The number of hydrogen-bond donors (Lipinski definition) is 1. The van der Waals surface area contributed by atoms with Crippen LogP contribution in [-0.2, 0) is 13.0 Å². The van der Waals surface area contributed by atoms with Gasteiger partial charge in [0.1, 0.15) is 10.8 Å². The Labute approximate surface area is 151 Å². The van der Waals surface area contributed by atoms with Crippen LogP contribution in [0.25, 0.3) is 10.4 Å². The van der Waals surface area contributed by atoms with Crippen LogP contribution in [-0.4, -0.2) is 18.6 Å². The second-order valence-corrected chi connectivity index (χ2v) is 6.93.